The molecule has 8 heteroatoms. The number of carbonyl (C=O) groups is 1. The third-order valence-corrected chi connectivity index (χ3v) is 4.78. The van der Waals surface area contributed by atoms with Gasteiger partial charge in [0.25, 0.3) is 5.91 Å². The van der Waals surface area contributed by atoms with Gasteiger partial charge in [0.2, 0.25) is 10.9 Å². The van der Waals surface area contributed by atoms with Crippen molar-refractivity contribution < 1.29 is 9.32 Å². The fourth-order valence-electron chi connectivity index (χ4n) is 2.07. The van der Waals surface area contributed by atoms with E-state index in [1.807, 2.05) is 6.26 Å². The highest BCUT2D eigenvalue weighted by Gasteiger charge is 2.24. The Morgan fingerprint density at radius 1 is 1.37 bits per heavy atom. The van der Waals surface area contributed by atoms with Crippen molar-refractivity contribution in [3.8, 4) is 0 Å². The Labute approximate surface area is 118 Å². The predicted octanol–water partition coefficient (Wildman–Crippen LogP) is 2.38. The Kier molecular flexibility index (Phi) is 3.52. The van der Waals surface area contributed by atoms with Gasteiger partial charge < -0.3 is 4.52 Å². The summed E-state index contributed by atoms with van der Waals surface area (Å²) in [5.74, 6) is 0.0232. The Balaban J connectivity index is 1.78. The molecular formula is C11H12N4O2S2. The van der Waals surface area contributed by atoms with Crippen LogP contribution in [-0.2, 0) is 12.8 Å². The summed E-state index contributed by atoms with van der Waals surface area (Å²) in [6.07, 6.45) is 5.84. The molecular weight excluding hydrogens is 284 g/mol. The second-order valence-electron chi connectivity index (χ2n) is 4.18. The van der Waals surface area contributed by atoms with E-state index in [0.29, 0.717) is 10.9 Å². The number of rotatable bonds is 3. The normalized spacial score (nSPS) is 14.2. The van der Waals surface area contributed by atoms with Crippen LogP contribution in [0.15, 0.2) is 8.86 Å². The van der Waals surface area contributed by atoms with Crippen molar-refractivity contribution in [3.05, 3.63) is 17.0 Å². The maximum absolute atomic E-state index is 12.1. The van der Waals surface area contributed by atoms with Crippen molar-refractivity contribution in [1.82, 2.24) is 15.4 Å². The quantitative estimate of drug-likeness (QED) is 0.692. The van der Waals surface area contributed by atoms with Gasteiger partial charge in [0, 0.05) is 5.56 Å². The van der Waals surface area contributed by atoms with Gasteiger partial charge in [0.15, 0.2) is 4.34 Å². The van der Waals surface area contributed by atoms with E-state index in [1.165, 1.54) is 23.1 Å². The molecule has 0 unspecified atom stereocenters. The molecule has 2 heterocycles. The molecule has 0 fully saturated rings. The van der Waals surface area contributed by atoms with Gasteiger partial charge in [0.1, 0.15) is 0 Å². The Morgan fingerprint density at radius 2 is 2.21 bits per heavy atom. The van der Waals surface area contributed by atoms with Gasteiger partial charge in [-0.1, -0.05) is 28.3 Å². The third-order valence-electron chi connectivity index (χ3n) is 2.97. The number of hydrogen-bond donors (Lipinski definition) is 1. The molecule has 1 aliphatic rings. The van der Waals surface area contributed by atoms with E-state index in [9.17, 15) is 4.79 Å². The van der Waals surface area contributed by atoms with E-state index in [1.54, 1.807) is 0 Å². The minimum absolute atomic E-state index is 0.292. The van der Waals surface area contributed by atoms with Gasteiger partial charge in [-0.25, -0.2) is 0 Å². The number of anilines is 1. The highest BCUT2D eigenvalue weighted by molar-refractivity contribution is 8.00. The van der Waals surface area contributed by atoms with Crippen molar-refractivity contribution in [2.75, 3.05) is 11.6 Å². The summed E-state index contributed by atoms with van der Waals surface area (Å²) < 4.78 is 5.99. The van der Waals surface area contributed by atoms with Crippen LogP contribution < -0.4 is 5.32 Å². The SMILES string of the molecule is CSc1nnc(NC(=O)c2onc3c2CCCC3)s1. The van der Waals surface area contributed by atoms with Crippen LogP contribution in [-0.4, -0.2) is 27.5 Å². The average Bonchev–Trinajstić information content (AvgIpc) is 3.04. The van der Waals surface area contributed by atoms with Crippen LogP contribution in [0.4, 0.5) is 5.13 Å². The molecule has 0 radical (unpaired) electrons. The van der Waals surface area contributed by atoms with Crippen LogP contribution in [0, 0.1) is 0 Å². The van der Waals surface area contributed by atoms with E-state index >= 15 is 0 Å². The lowest BCUT2D eigenvalue weighted by Crippen LogP contribution is -2.14. The average molecular weight is 296 g/mol. The summed E-state index contributed by atoms with van der Waals surface area (Å²) in [6, 6.07) is 0. The van der Waals surface area contributed by atoms with Gasteiger partial charge in [-0.05, 0) is 31.9 Å². The Morgan fingerprint density at radius 3 is 3.00 bits per heavy atom. The number of nitrogens with one attached hydrogen (secondary N) is 1. The van der Waals surface area contributed by atoms with Crippen LogP contribution in [0.5, 0.6) is 0 Å². The molecule has 2 aromatic rings. The van der Waals surface area contributed by atoms with Crippen LogP contribution >= 0.6 is 23.1 Å². The van der Waals surface area contributed by atoms with Gasteiger partial charge in [0.05, 0.1) is 5.69 Å². The van der Waals surface area contributed by atoms with E-state index in [4.69, 9.17) is 4.52 Å². The van der Waals surface area contributed by atoms with Gasteiger partial charge in [-0.3, -0.25) is 10.1 Å². The molecule has 1 aliphatic carbocycles. The molecule has 0 saturated heterocycles. The largest absolute Gasteiger partial charge is 0.350 e. The first-order valence-electron chi connectivity index (χ1n) is 5.94. The summed E-state index contributed by atoms with van der Waals surface area (Å²) in [5.41, 5.74) is 1.86. The summed E-state index contributed by atoms with van der Waals surface area (Å²) in [6.45, 7) is 0. The van der Waals surface area contributed by atoms with E-state index in [-0.39, 0.29) is 5.91 Å². The standard InChI is InChI=1S/C11H12N4O2S2/c1-18-11-14-13-10(19-11)12-9(16)8-6-4-2-3-5-7(6)15-17-8/h2-5H2,1H3,(H,12,13,16). The molecule has 0 spiro atoms. The number of aryl methyl sites for hydroxylation is 1. The minimum Gasteiger partial charge on any atom is -0.350 e. The topological polar surface area (TPSA) is 80.9 Å². The fourth-order valence-corrected chi connectivity index (χ4v) is 3.23. The van der Waals surface area contributed by atoms with Crippen molar-refractivity contribution in [1.29, 1.82) is 0 Å². The van der Waals surface area contributed by atoms with Crippen molar-refractivity contribution in [3.63, 3.8) is 0 Å². The van der Waals surface area contributed by atoms with E-state index in [2.05, 4.69) is 20.7 Å². The van der Waals surface area contributed by atoms with Crippen LogP contribution in [0.1, 0.15) is 34.7 Å². The highest BCUT2D eigenvalue weighted by Crippen LogP contribution is 2.26. The molecule has 19 heavy (non-hydrogen) atoms. The molecule has 1 N–H and O–H groups in total. The molecule has 0 aliphatic heterocycles. The zero-order chi connectivity index (χ0) is 13.2. The smallest absolute Gasteiger partial charge is 0.296 e. The van der Waals surface area contributed by atoms with Crippen molar-refractivity contribution in [2.24, 2.45) is 0 Å². The summed E-state index contributed by atoms with van der Waals surface area (Å²) in [7, 11) is 0. The second kappa shape index (κ2) is 5.30. The predicted molar refractivity (Wildman–Crippen MR) is 72.8 cm³/mol. The third kappa shape index (κ3) is 2.50. The molecule has 0 aromatic carbocycles. The monoisotopic (exact) mass is 296 g/mol. The summed E-state index contributed by atoms with van der Waals surface area (Å²) in [4.78, 5) is 12.1. The molecule has 0 bridgehead atoms. The van der Waals surface area contributed by atoms with Crippen LogP contribution in [0.25, 0.3) is 0 Å². The first-order chi connectivity index (χ1) is 9.28. The number of amides is 1. The maximum Gasteiger partial charge on any atom is 0.296 e. The second-order valence-corrected chi connectivity index (χ2v) is 6.21. The molecule has 6 nitrogen and oxygen atoms in total. The van der Waals surface area contributed by atoms with E-state index in [0.717, 1.165) is 41.3 Å². The first kappa shape index (κ1) is 12.6. The lowest BCUT2D eigenvalue weighted by molar-refractivity contribution is 0.0986. The van der Waals surface area contributed by atoms with E-state index < -0.39 is 0 Å². The molecule has 1 amide bonds. The lowest BCUT2D eigenvalue weighted by Gasteiger charge is -2.08. The van der Waals surface area contributed by atoms with Gasteiger partial charge in [-0.15, -0.1) is 10.2 Å². The number of aromatic nitrogens is 3. The number of carbonyl (C=O) groups excluding carboxylic acids is 1. The molecule has 3 rings (SSSR count). The number of hydrogen-bond acceptors (Lipinski definition) is 7. The number of fused-ring (bicyclic) bond motifs is 1. The molecule has 100 valence electrons. The molecule has 2 aromatic heterocycles. The minimum atomic E-state index is -0.292. The van der Waals surface area contributed by atoms with Crippen molar-refractivity contribution >= 4 is 34.1 Å². The zero-order valence-electron chi connectivity index (χ0n) is 10.3. The van der Waals surface area contributed by atoms with Gasteiger partial charge >= 0.3 is 0 Å². The summed E-state index contributed by atoms with van der Waals surface area (Å²) >= 11 is 2.84. The summed E-state index contributed by atoms with van der Waals surface area (Å²) in [5, 5.41) is 15.0. The van der Waals surface area contributed by atoms with Crippen molar-refractivity contribution in [2.45, 2.75) is 30.0 Å². The Bertz CT molecular complexity index is 608. The number of thioether (sulfide) groups is 1. The molecule has 0 atom stereocenters. The van der Waals surface area contributed by atoms with Crippen LogP contribution in [0.2, 0.25) is 0 Å². The zero-order valence-corrected chi connectivity index (χ0v) is 11.9. The van der Waals surface area contributed by atoms with Crippen LogP contribution in [0.3, 0.4) is 0 Å². The highest BCUT2D eigenvalue weighted by atomic mass is 32.2. The Hall–Kier alpha value is -1.41. The number of nitrogens with zero attached hydrogens (tertiary/aromatic N) is 3. The maximum atomic E-state index is 12.1. The fraction of sp³-hybridized carbons (Fsp3) is 0.455. The molecule has 0 saturated carbocycles. The first-order valence-corrected chi connectivity index (χ1v) is 7.98. The lowest BCUT2D eigenvalue weighted by atomic mass is 9.96. The van der Waals surface area contributed by atoms with Gasteiger partial charge in [-0.2, -0.15) is 0 Å².